The van der Waals surface area contributed by atoms with Gasteiger partial charge in [0.25, 0.3) is 0 Å². The Balaban J connectivity index is 3.18. The zero-order valence-corrected chi connectivity index (χ0v) is 21.0. The minimum atomic E-state index is -1.41. The first kappa shape index (κ1) is 28.1. The van der Waals surface area contributed by atoms with Crippen LogP contribution in [0.4, 0.5) is 0 Å². The molecule has 11 heteroatoms. The second-order valence-corrected chi connectivity index (χ2v) is 14.7. The maximum absolute atomic E-state index is 11.9. The SMILES string of the molecule is CC(=O)OCC1C[C@H](C(COC(C)=O)OC(C)=O)C(OC(C)=O)[C@H](OCC[Si](C)(C)C)O1. The van der Waals surface area contributed by atoms with Crippen LogP contribution in [0.2, 0.25) is 25.7 Å². The maximum Gasteiger partial charge on any atom is 0.303 e. The highest BCUT2D eigenvalue weighted by atomic mass is 28.3. The van der Waals surface area contributed by atoms with Gasteiger partial charge in [-0.2, -0.15) is 0 Å². The Labute approximate surface area is 190 Å². The van der Waals surface area contributed by atoms with Gasteiger partial charge in [-0.1, -0.05) is 19.6 Å². The van der Waals surface area contributed by atoms with Gasteiger partial charge in [-0.05, 0) is 12.5 Å². The zero-order valence-electron chi connectivity index (χ0n) is 20.0. The minimum absolute atomic E-state index is 0.0487. The third-order valence-corrected chi connectivity index (χ3v) is 6.41. The number of hydrogen-bond donors (Lipinski definition) is 0. The second kappa shape index (κ2) is 12.9. The smallest absolute Gasteiger partial charge is 0.303 e. The summed E-state index contributed by atoms with van der Waals surface area (Å²) in [5, 5.41) is 0. The highest BCUT2D eigenvalue weighted by Gasteiger charge is 2.47. The summed E-state index contributed by atoms with van der Waals surface area (Å²) in [7, 11) is -1.41. The van der Waals surface area contributed by atoms with E-state index in [2.05, 4.69) is 19.6 Å². The van der Waals surface area contributed by atoms with Crippen molar-refractivity contribution >= 4 is 32.0 Å². The van der Waals surface area contributed by atoms with E-state index in [-0.39, 0.29) is 19.6 Å². The average Bonchev–Trinajstić information content (AvgIpc) is 2.63. The maximum atomic E-state index is 11.9. The van der Waals surface area contributed by atoms with E-state index < -0.39 is 62.5 Å². The van der Waals surface area contributed by atoms with E-state index in [0.717, 1.165) is 6.04 Å². The van der Waals surface area contributed by atoms with Crippen molar-refractivity contribution in [2.45, 2.75) is 84.4 Å². The van der Waals surface area contributed by atoms with Crippen LogP contribution in [-0.2, 0) is 47.6 Å². The fourth-order valence-corrected chi connectivity index (χ4v) is 3.98. The van der Waals surface area contributed by atoms with Crippen LogP contribution >= 0.6 is 0 Å². The van der Waals surface area contributed by atoms with Crippen LogP contribution in [0.15, 0.2) is 0 Å². The quantitative estimate of drug-likeness (QED) is 0.249. The summed E-state index contributed by atoms with van der Waals surface area (Å²) < 4.78 is 33.1. The molecule has 0 aromatic carbocycles. The van der Waals surface area contributed by atoms with Crippen LogP contribution in [0.3, 0.4) is 0 Å². The molecule has 1 aliphatic rings. The summed E-state index contributed by atoms with van der Waals surface area (Å²) in [4.78, 5) is 46.3. The number of ether oxygens (including phenoxy) is 6. The van der Waals surface area contributed by atoms with Crippen LogP contribution in [0.5, 0.6) is 0 Å². The topological polar surface area (TPSA) is 124 Å². The molecule has 0 saturated carbocycles. The first-order valence-corrected chi connectivity index (χ1v) is 14.4. The Morgan fingerprint density at radius 3 is 2.06 bits per heavy atom. The van der Waals surface area contributed by atoms with Crippen molar-refractivity contribution in [2.24, 2.45) is 5.92 Å². The summed E-state index contributed by atoms with van der Waals surface area (Å²) >= 11 is 0. The largest absolute Gasteiger partial charge is 0.463 e. The molecule has 0 N–H and O–H groups in total. The van der Waals surface area contributed by atoms with Gasteiger partial charge in [-0.15, -0.1) is 0 Å². The van der Waals surface area contributed by atoms with Crippen molar-refractivity contribution in [3.8, 4) is 0 Å². The molecule has 3 unspecified atom stereocenters. The van der Waals surface area contributed by atoms with Gasteiger partial charge in [0.15, 0.2) is 12.4 Å². The van der Waals surface area contributed by atoms with Crippen LogP contribution < -0.4 is 0 Å². The predicted molar refractivity (Wildman–Crippen MR) is 115 cm³/mol. The number of carbonyl (C=O) groups excluding carboxylic acids is 4. The van der Waals surface area contributed by atoms with Crippen molar-refractivity contribution in [1.82, 2.24) is 0 Å². The molecule has 0 aromatic heterocycles. The van der Waals surface area contributed by atoms with Crippen molar-refractivity contribution in [1.29, 1.82) is 0 Å². The molecule has 0 aromatic rings. The van der Waals surface area contributed by atoms with Gasteiger partial charge in [-0.25, -0.2) is 0 Å². The fourth-order valence-electron chi connectivity index (χ4n) is 3.25. The highest BCUT2D eigenvalue weighted by Crippen LogP contribution is 2.33. The predicted octanol–water partition coefficient (Wildman–Crippen LogP) is 2.06. The molecule has 1 heterocycles. The van der Waals surface area contributed by atoms with Gasteiger partial charge in [0.1, 0.15) is 19.3 Å². The Morgan fingerprint density at radius 1 is 0.938 bits per heavy atom. The van der Waals surface area contributed by atoms with Gasteiger partial charge in [0.05, 0.1) is 6.10 Å². The third-order valence-electron chi connectivity index (χ3n) is 4.71. The summed E-state index contributed by atoms with van der Waals surface area (Å²) in [6.07, 6.45) is -3.17. The van der Waals surface area contributed by atoms with Crippen molar-refractivity contribution in [3.05, 3.63) is 0 Å². The molecule has 1 saturated heterocycles. The van der Waals surface area contributed by atoms with Crippen LogP contribution in [0, 0.1) is 5.92 Å². The normalized spacial score (nSPS) is 24.2. The Kier molecular flexibility index (Phi) is 11.3. The standard InChI is InChI=1S/C21H36O10Si/c1-13(22)27-11-17-10-18(19(29-15(3)24)12-28-14(2)23)20(30-16(4)25)21(31-17)26-8-9-32(5,6)7/h17-21H,8-12H2,1-7H3/t17?,18-,19?,20?,21-/m1/s1. The molecule has 1 fully saturated rings. The van der Waals surface area contributed by atoms with E-state index in [9.17, 15) is 19.2 Å². The number of esters is 4. The lowest BCUT2D eigenvalue weighted by Gasteiger charge is -2.43. The van der Waals surface area contributed by atoms with Crippen LogP contribution in [0.1, 0.15) is 34.1 Å². The first-order valence-electron chi connectivity index (χ1n) is 10.7. The lowest BCUT2D eigenvalue weighted by atomic mass is 9.87. The lowest BCUT2D eigenvalue weighted by Crippen LogP contribution is -2.55. The highest BCUT2D eigenvalue weighted by molar-refractivity contribution is 6.76. The molecule has 0 amide bonds. The van der Waals surface area contributed by atoms with Gasteiger partial charge < -0.3 is 28.4 Å². The van der Waals surface area contributed by atoms with E-state index in [0.29, 0.717) is 6.61 Å². The van der Waals surface area contributed by atoms with Crippen molar-refractivity contribution in [2.75, 3.05) is 19.8 Å². The number of carbonyl (C=O) groups is 4. The van der Waals surface area contributed by atoms with E-state index >= 15 is 0 Å². The first-order chi connectivity index (χ1) is 14.8. The van der Waals surface area contributed by atoms with Gasteiger partial charge in [-0.3, -0.25) is 19.2 Å². The molecule has 0 aliphatic carbocycles. The summed E-state index contributed by atoms with van der Waals surface area (Å²) in [5.74, 6) is -2.77. The molecule has 0 bridgehead atoms. The molecule has 10 nitrogen and oxygen atoms in total. The molecule has 5 atom stereocenters. The van der Waals surface area contributed by atoms with E-state index in [1.807, 2.05) is 0 Å². The summed E-state index contributed by atoms with van der Waals surface area (Å²) in [6, 6.07) is 0.847. The van der Waals surface area contributed by atoms with Crippen molar-refractivity contribution in [3.63, 3.8) is 0 Å². The number of hydrogen-bond acceptors (Lipinski definition) is 10. The van der Waals surface area contributed by atoms with Gasteiger partial charge >= 0.3 is 23.9 Å². The zero-order chi connectivity index (χ0) is 24.5. The molecule has 0 radical (unpaired) electrons. The molecule has 0 spiro atoms. The van der Waals surface area contributed by atoms with E-state index in [4.69, 9.17) is 28.4 Å². The van der Waals surface area contributed by atoms with Gasteiger partial charge in [0.2, 0.25) is 0 Å². The Bertz CT molecular complexity index is 659. The fraction of sp³-hybridized carbons (Fsp3) is 0.810. The summed E-state index contributed by atoms with van der Waals surface area (Å²) in [5.41, 5.74) is 0. The molecular formula is C21H36O10Si. The second-order valence-electron chi connectivity index (χ2n) is 9.03. The van der Waals surface area contributed by atoms with E-state index in [1.165, 1.54) is 27.7 Å². The van der Waals surface area contributed by atoms with Crippen LogP contribution in [0.25, 0.3) is 0 Å². The molecule has 184 valence electrons. The molecule has 32 heavy (non-hydrogen) atoms. The Hall–Kier alpha value is -1.98. The van der Waals surface area contributed by atoms with E-state index in [1.54, 1.807) is 0 Å². The lowest BCUT2D eigenvalue weighted by molar-refractivity contribution is -0.276. The van der Waals surface area contributed by atoms with Crippen LogP contribution in [-0.4, -0.2) is 76.4 Å². The molecule has 1 rings (SSSR count). The van der Waals surface area contributed by atoms with Gasteiger partial charge in [0, 0.05) is 48.3 Å². The monoisotopic (exact) mass is 476 g/mol. The minimum Gasteiger partial charge on any atom is -0.463 e. The molecule has 1 aliphatic heterocycles. The number of rotatable bonds is 11. The van der Waals surface area contributed by atoms with Crippen molar-refractivity contribution < 1.29 is 47.6 Å². The molecular weight excluding hydrogens is 440 g/mol. The summed E-state index contributed by atoms with van der Waals surface area (Å²) in [6.45, 7) is 11.7. The average molecular weight is 477 g/mol. The Morgan fingerprint density at radius 2 is 1.56 bits per heavy atom. The third kappa shape index (κ3) is 11.1.